The Morgan fingerprint density at radius 2 is 1.89 bits per heavy atom. The highest BCUT2D eigenvalue weighted by atomic mass is 16.5. The fourth-order valence-electron chi connectivity index (χ4n) is 2.39. The third-order valence-corrected chi connectivity index (χ3v) is 4.01. The lowest BCUT2D eigenvalue weighted by atomic mass is 9.98. The average Bonchev–Trinajstić information content (AvgIpc) is 2.46. The number of nitrogens with one attached hydrogen (secondary N) is 1. The van der Waals surface area contributed by atoms with E-state index in [9.17, 15) is 0 Å². The van der Waals surface area contributed by atoms with Crippen LogP contribution in [-0.4, -0.2) is 19.7 Å². The standard InChI is InChI=1S/C16H25NO/c1-3-13(2)15-4-6-16(7-5-15)18-12-14-8-10-17-11-9-14/h4-7,13-14,17H,3,8-12H2,1-2H3/t13-/m1/s1. The van der Waals surface area contributed by atoms with Crippen molar-refractivity contribution < 1.29 is 4.74 Å². The molecule has 2 rings (SSSR count). The molecule has 1 N–H and O–H groups in total. The zero-order chi connectivity index (χ0) is 12.8. The minimum atomic E-state index is 0.642. The van der Waals surface area contributed by atoms with Gasteiger partial charge in [-0.15, -0.1) is 0 Å². The molecular formula is C16H25NO. The van der Waals surface area contributed by atoms with E-state index in [1.54, 1.807) is 0 Å². The van der Waals surface area contributed by atoms with Gasteiger partial charge in [0.1, 0.15) is 5.75 Å². The number of hydrogen-bond acceptors (Lipinski definition) is 2. The van der Waals surface area contributed by atoms with Crippen molar-refractivity contribution in [3.8, 4) is 5.75 Å². The zero-order valence-electron chi connectivity index (χ0n) is 11.6. The van der Waals surface area contributed by atoms with E-state index in [1.807, 2.05) is 0 Å². The highest BCUT2D eigenvalue weighted by molar-refractivity contribution is 5.29. The van der Waals surface area contributed by atoms with Gasteiger partial charge in [-0.3, -0.25) is 0 Å². The smallest absolute Gasteiger partial charge is 0.119 e. The Morgan fingerprint density at radius 3 is 2.50 bits per heavy atom. The lowest BCUT2D eigenvalue weighted by molar-refractivity contribution is 0.215. The maximum Gasteiger partial charge on any atom is 0.119 e. The Balaban J connectivity index is 1.82. The summed E-state index contributed by atoms with van der Waals surface area (Å²) in [5, 5.41) is 3.38. The number of ether oxygens (including phenoxy) is 1. The van der Waals surface area contributed by atoms with Crippen LogP contribution in [0.1, 0.15) is 44.6 Å². The van der Waals surface area contributed by atoms with Gasteiger partial charge >= 0.3 is 0 Å². The maximum absolute atomic E-state index is 5.89. The van der Waals surface area contributed by atoms with Gasteiger partial charge in [0.05, 0.1) is 6.61 Å². The molecule has 1 aromatic rings. The quantitative estimate of drug-likeness (QED) is 0.858. The molecule has 1 heterocycles. The predicted octanol–water partition coefficient (Wildman–Crippen LogP) is 3.58. The van der Waals surface area contributed by atoms with Crippen LogP contribution in [0, 0.1) is 5.92 Å². The summed E-state index contributed by atoms with van der Waals surface area (Å²) in [6, 6.07) is 8.63. The summed E-state index contributed by atoms with van der Waals surface area (Å²) >= 11 is 0. The fraction of sp³-hybridized carbons (Fsp3) is 0.625. The van der Waals surface area contributed by atoms with E-state index in [0.717, 1.165) is 31.4 Å². The summed E-state index contributed by atoms with van der Waals surface area (Å²) in [6.45, 7) is 7.64. The third kappa shape index (κ3) is 3.74. The SMILES string of the molecule is CC[C@@H](C)c1ccc(OCC2CCNCC2)cc1. The van der Waals surface area contributed by atoms with Crippen LogP contribution in [0.4, 0.5) is 0 Å². The summed E-state index contributed by atoms with van der Waals surface area (Å²) < 4.78 is 5.89. The van der Waals surface area contributed by atoms with Crippen LogP contribution in [0.25, 0.3) is 0 Å². The van der Waals surface area contributed by atoms with Crippen molar-refractivity contribution in [2.75, 3.05) is 19.7 Å². The van der Waals surface area contributed by atoms with E-state index >= 15 is 0 Å². The van der Waals surface area contributed by atoms with Gasteiger partial charge in [0, 0.05) is 0 Å². The maximum atomic E-state index is 5.89. The van der Waals surface area contributed by atoms with Crippen LogP contribution in [-0.2, 0) is 0 Å². The molecular weight excluding hydrogens is 222 g/mol. The molecule has 0 aromatic heterocycles. The highest BCUT2D eigenvalue weighted by Crippen LogP contribution is 2.22. The lowest BCUT2D eigenvalue weighted by Gasteiger charge is -2.22. The first-order valence-electron chi connectivity index (χ1n) is 7.23. The van der Waals surface area contributed by atoms with Gasteiger partial charge in [-0.1, -0.05) is 26.0 Å². The van der Waals surface area contributed by atoms with Crippen molar-refractivity contribution >= 4 is 0 Å². The van der Waals surface area contributed by atoms with E-state index in [-0.39, 0.29) is 0 Å². The third-order valence-electron chi connectivity index (χ3n) is 4.01. The molecule has 1 aromatic carbocycles. The van der Waals surface area contributed by atoms with Gasteiger partial charge in [-0.25, -0.2) is 0 Å². The number of benzene rings is 1. The molecule has 0 aliphatic carbocycles. The molecule has 0 bridgehead atoms. The van der Waals surface area contributed by atoms with E-state index in [1.165, 1.54) is 24.8 Å². The number of hydrogen-bond donors (Lipinski definition) is 1. The minimum Gasteiger partial charge on any atom is -0.493 e. The van der Waals surface area contributed by atoms with Crippen molar-refractivity contribution in [3.05, 3.63) is 29.8 Å². The molecule has 1 aliphatic heterocycles. The van der Waals surface area contributed by atoms with Crippen LogP contribution in [0.15, 0.2) is 24.3 Å². The topological polar surface area (TPSA) is 21.3 Å². The molecule has 0 unspecified atom stereocenters. The van der Waals surface area contributed by atoms with Crippen molar-refractivity contribution in [3.63, 3.8) is 0 Å². The van der Waals surface area contributed by atoms with Gasteiger partial charge in [0.25, 0.3) is 0 Å². The summed E-state index contributed by atoms with van der Waals surface area (Å²) in [7, 11) is 0. The average molecular weight is 247 g/mol. The van der Waals surface area contributed by atoms with Crippen molar-refractivity contribution in [1.82, 2.24) is 5.32 Å². The second kappa shape index (κ2) is 6.79. The Bertz CT molecular complexity index is 341. The molecule has 18 heavy (non-hydrogen) atoms. The fourth-order valence-corrected chi connectivity index (χ4v) is 2.39. The number of piperidine rings is 1. The lowest BCUT2D eigenvalue weighted by Crippen LogP contribution is -2.30. The van der Waals surface area contributed by atoms with Crippen LogP contribution in [0.3, 0.4) is 0 Å². The van der Waals surface area contributed by atoms with E-state index in [2.05, 4.69) is 43.4 Å². The first kappa shape index (κ1) is 13.4. The first-order chi connectivity index (χ1) is 8.79. The van der Waals surface area contributed by atoms with Crippen molar-refractivity contribution in [2.45, 2.75) is 39.0 Å². The largest absolute Gasteiger partial charge is 0.493 e. The minimum absolute atomic E-state index is 0.642. The van der Waals surface area contributed by atoms with E-state index in [0.29, 0.717) is 5.92 Å². The second-order valence-corrected chi connectivity index (χ2v) is 5.38. The zero-order valence-corrected chi connectivity index (χ0v) is 11.6. The molecule has 0 radical (unpaired) electrons. The molecule has 1 fully saturated rings. The Hall–Kier alpha value is -1.02. The Labute approximate surface area is 111 Å². The van der Waals surface area contributed by atoms with Gasteiger partial charge in [0.15, 0.2) is 0 Å². The summed E-state index contributed by atoms with van der Waals surface area (Å²) in [6.07, 6.45) is 3.67. The first-order valence-corrected chi connectivity index (χ1v) is 7.23. The molecule has 100 valence electrons. The molecule has 1 atom stereocenters. The van der Waals surface area contributed by atoms with Crippen molar-refractivity contribution in [1.29, 1.82) is 0 Å². The van der Waals surface area contributed by atoms with Crippen LogP contribution in [0.5, 0.6) is 5.75 Å². The molecule has 2 heteroatoms. The van der Waals surface area contributed by atoms with Gasteiger partial charge in [-0.05, 0) is 61.9 Å². The van der Waals surface area contributed by atoms with Gasteiger partial charge in [-0.2, -0.15) is 0 Å². The van der Waals surface area contributed by atoms with Crippen LogP contribution in [0.2, 0.25) is 0 Å². The van der Waals surface area contributed by atoms with Crippen LogP contribution >= 0.6 is 0 Å². The summed E-state index contributed by atoms with van der Waals surface area (Å²) in [5.74, 6) is 2.38. The highest BCUT2D eigenvalue weighted by Gasteiger charge is 2.13. The molecule has 1 aliphatic rings. The second-order valence-electron chi connectivity index (χ2n) is 5.38. The van der Waals surface area contributed by atoms with Crippen LogP contribution < -0.4 is 10.1 Å². The Kier molecular flexibility index (Phi) is 5.06. The normalized spacial score (nSPS) is 18.6. The molecule has 1 saturated heterocycles. The predicted molar refractivity (Wildman–Crippen MR) is 76.2 cm³/mol. The molecule has 0 saturated carbocycles. The van der Waals surface area contributed by atoms with Gasteiger partial charge < -0.3 is 10.1 Å². The molecule has 0 spiro atoms. The summed E-state index contributed by atoms with van der Waals surface area (Å²) in [4.78, 5) is 0. The molecule has 0 amide bonds. The Morgan fingerprint density at radius 1 is 1.22 bits per heavy atom. The van der Waals surface area contributed by atoms with E-state index in [4.69, 9.17) is 4.74 Å². The van der Waals surface area contributed by atoms with Crippen molar-refractivity contribution in [2.24, 2.45) is 5.92 Å². The van der Waals surface area contributed by atoms with E-state index < -0.39 is 0 Å². The number of rotatable bonds is 5. The van der Waals surface area contributed by atoms with Gasteiger partial charge in [0.2, 0.25) is 0 Å². The summed E-state index contributed by atoms with van der Waals surface area (Å²) in [5.41, 5.74) is 1.41. The monoisotopic (exact) mass is 247 g/mol. The molecule has 2 nitrogen and oxygen atoms in total.